The molecule has 0 heterocycles. The summed E-state index contributed by atoms with van der Waals surface area (Å²) in [5, 5.41) is 0. The maximum atomic E-state index is 13.6. The summed E-state index contributed by atoms with van der Waals surface area (Å²) in [6, 6.07) is 61.7. The fourth-order valence-electron chi connectivity index (χ4n) is 9.07. The van der Waals surface area contributed by atoms with Gasteiger partial charge in [-0.3, -0.25) is 9.59 Å². The van der Waals surface area contributed by atoms with Crippen molar-refractivity contribution < 1.29 is 19.1 Å². The van der Waals surface area contributed by atoms with Crippen LogP contribution in [0.2, 0.25) is 0 Å². The highest BCUT2D eigenvalue weighted by Crippen LogP contribution is 2.58. The Hall–Kier alpha value is -6.52. The second-order valence-electron chi connectivity index (χ2n) is 14.1. The van der Waals surface area contributed by atoms with E-state index in [2.05, 4.69) is 121 Å². The molecule has 2 aliphatic rings. The van der Waals surface area contributed by atoms with Crippen molar-refractivity contribution in [3.05, 3.63) is 215 Å². The molecule has 0 unspecified atom stereocenters. The summed E-state index contributed by atoms with van der Waals surface area (Å²) in [5.74, 6) is 0.533. The zero-order valence-electron chi connectivity index (χ0n) is 29.8. The Bertz CT molecular complexity index is 2240. The molecule has 2 aliphatic carbocycles. The van der Waals surface area contributed by atoms with Crippen LogP contribution in [0.15, 0.2) is 182 Å². The number of benzene rings is 7. The van der Waals surface area contributed by atoms with Gasteiger partial charge in [0.05, 0.1) is 0 Å². The van der Waals surface area contributed by atoms with Gasteiger partial charge in [-0.05, 0) is 92.7 Å². The molecule has 9 rings (SSSR count). The van der Waals surface area contributed by atoms with Gasteiger partial charge in [0.15, 0.2) is 0 Å². The standard InChI is InChI=1S/C50H38O4/c51-47(53-37-18-3-1-4-19-37)30-32-49(43-26-11-7-22-39(43)40-23-8-12-27-44(40)49)35-16-15-17-36(34-35)50(33-31-48(52)54-38-20-5-2-6-21-38)45-28-13-9-24-41(45)42-25-10-14-29-46(42)50/h1-29,34H,30-33H2. The summed E-state index contributed by atoms with van der Waals surface area (Å²) in [5.41, 5.74) is 10.3. The topological polar surface area (TPSA) is 52.6 Å². The van der Waals surface area contributed by atoms with E-state index in [9.17, 15) is 9.59 Å². The molecule has 4 nitrogen and oxygen atoms in total. The Morgan fingerprint density at radius 2 is 0.685 bits per heavy atom. The first-order chi connectivity index (χ1) is 26.6. The molecule has 0 aromatic heterocycles. The molecule has 0 saturated heterocycles. The molecular formula is C50H38O4. The molecule has 0 saturated carbocycles. The van der Waals surface area contributed by atoms with E-state index in [-0.39, 0.29) is 24.8 Å². The Morgan fingerprint density at radius 3 is 1.04 bits per heavy atom. The highest BCUT2D eigenvalue weighted by Gasteiger charge is 2.48. The van der Waals surface area contributed by atoms with Crippen molar-refractivity contribution in [2.24, 2.45) is 0 Å². The van der Waals surface area contributed by atoms with Gasteiger partial charge >= 0.3 is 11.9 Å². The molecule has 0 atom stereocenters. The molecule has 262 valence electrons. The number of para-hydroxylation sites is 2. The SMILES string of the molecule is O=C(CCC1(c2cccc(C3(CCC(=O)Oc4ccccc4)c4ccccc4-c4ccccc43)c2)c2ccccc2-c2ccccc21)Oc1ccccc1. The van der Waals surface area contributed by atoms with Crippen molar-refractivity contribution in [1.29, 1.82) is 0 Å². The molecule has 0 amide bonds. The minimum Gasteiger partial charge on any atom is -0.427 e. The summed E-state index contributed by atoms with van der Waals surface area (Å²) in [7, 11) is 0. The van der Waals surface area contributed by atoms with Gasteiger partial charge < -0.3 is 9.47 Å². The zero-order chi connectivity index (χ0) is 36.5. The van der Waals surface area contributed by atoms with Crippen LogP contribution in [0.3, 0.4) is 0 Å². The van der Waals surface area contributed by atoms with E-state index in [0.717, 1.165) is 11.1 Å². The van der Waals surface area contributed by atoms with Gasteiger partial charge in [-0.2, -0.15) is 0 Å². The minimum atomic E-state index is -0.635. The molecule has 0 spiro atoms. The highest BCUT2D eigenvalue weighted by molar-refractivity contribution is 5.86. The first-order valence-electron chi connectivity index (χ1n) is 18.6. The van der Waals surface area contributed by atoms with Crippen molar-refractivity contribution in [3.63, 3.8) is 0 Å². The predicted molar refractivity (Wildman–Crippen MR) is 213 cm³/mol. The molecular weight excluding hydrogens is 665 g/mol. The molecule has 4 heteroatoms. The predicted octanol–water partition coefficient (Wildman–Crippen LogP) is 11.1. The monoisotopic (exact) mass is 702 g/mol. The van der Waals surface area contributed by atoms with Gasteiger partial charge in [0.1, 0.15) is 11.5 Å². The third-order valence-corrected chi connectivity index (χ3v) is 11.3. The van der Waals surface area contributed by atoms with E-state index < -0.39 is 10.8 Å². The molecule has 0 N–H and O–H groups in total. The van der Waals surface area contributed by atoms with E-state index in [1.165, 1.54) is 44.5 Å². The molecule has 0 aliphatic heterocycles. The third kappa shape index (κ3) is 5.54. The van der Waals surface area contributed by atoms with Gasteiger partial charge in [0.25, 0.3) is 0 Å². The van der Waals surface area contributed by atoms with Crippen molar-refractivity contribution >= 4 is 11.9 Å². The molecule has 54 heavy (non-hydrogen) atoms. The lowest BCUT2D eigenvalue weighted by atomic mass is 9.65. The van der Waals surface area contributed by atoms with Crippen molar-refractivity contribution in [1.82, 2.24) is 0 Å². The van der Waals surface area contributed by atoms with E-state index in [1.807, 2.05) is 60.7 Å². The smallest absolute Gasteiger partial charge is 0.311 e. The number of rotatable bonds is 10. The summed E-state index contributed by atoms with van der Waals surface area (Å²) in [4.78, 5) is 27.2. The quantitative estimate of drug-likeness (QED) is 0.105. The molecule has 0 fully saturated rings. The summed E-state index contributed by atoms with van der Waals surface area (Å²) in [6.07, 6.45) is 1.45. The lowest BCUT2D eigenvalue weighted by Gasteiger charge is -2.37. The van der Waals surface area contributed by atoms with Crippen LogP contribution in [0.4, 0.5) is 0 Å². The fraction of sp³-hybridized carbons (Fsp3) is 0.120. The molecule has 0 radical (unpaired) electrons. The number of carbonyl (C=O) groups is 2. The average molecular weight is 703 g/mol. The zero-order valence-corrected chi connectivity index (χ0v) is 29.8. The molecule has 0 bridgehead atoms. The highest BCUT2D eigenvalue weighted by atomic mass is 16.5. The second kappa shape index (κ2) is 13.8. The van der Waals surface area contributed by atoms with Crippen LogP contribution in [0.25, 0.3) is 22.3 Å². The molecule has 7 aromatic carbocycles. The van der Waals surface area contributed by atoms with Gasteiger partial charge in [0.2, 0.25) is 0 Å². The van der Waals surface area contributed by atoms with Crippen LogP contribution in [-0.2, 0) is 20.4 Å². The normalized spacial score (nSPS) is 13.9. The van der Waals surface area contributed by atoms with Crippen molar-refractivity contribution in [2.75, 3.05) is 0 Å². The maximum absolute atomic E-state index is 13.6. The van der Waals surface area contributed by atoms with Crippen LogP contribution in [0, 0.1) is 0 Å². The van der Waals surface area contributed by atoms with Crippen molar-refractivity contribution in [2.45, 2.75) is 36.5 Å². The van der Waals surface area contributed by atoms with Crippen LogP contribution < -0.4 is 9.47 Å². The molecule has 7 aromatic rings. The fourth-order valence-corrected chi connectivity index (χ4v) is 9.07. The third-order valence-electron chi connectivity index (χ3n) is 11.3. The van der Waals surface area contributed by atoms with Gasteiger partial charge in [0, 0.05) is 23.7 Å². The lowest BCUT2D eigenvalue weighted by molar-refractivity contribution is -0.135. The Morgan fingerprint density at radius 1 is 0.370 bits per heavy atom. The maximum Gasteiger partial charge on any atom is 0.311 e. The number of esters is 2. The Labute approximate surface area is 315 Å². The van der Waals surface area contributed by atoms with E-state index >= 15 is 0 Å². The second-order valence-corrected chi connectivity index (χ2v) is 14.1. The van der Waals surface area contributed by atoms with Crippen LogP contribution >= 0.6 is 0 Å². The number of hydrogen-bond donors (Lipinski definition) is 0. The van der Waals surface area contributed by atoms with Gasteiger partial charge in [-0.15, -0.1) is 0 Å². The average Bonchev–Trinajstić information content (AvgIpc) is 3.68. The van der Waals surface area contributed by atoms with E-state index in [0.29, 0.717) is 24.3 Å². The Balaban J connectivity index is 1.19. The van der Waals surface area contributed by atoms with Crippen LogP contribution in [0.5, 0.6) is 11.5 Å². The number of fused-ring (bicyclic) bond motifs is 6. The number of hydrogen-bond acceptors (Lipinski definition) is 4. The van der Waals surface area contributed by atoms with E-state index in [1.54, 1.807) is 0 Å². The Kier molecular flexibility index (Phi) is 8.51. The van der Waals surface area contributed by atoms with Gasteiger partial charge in [-0.25, -0.2) is 0 Å². The van der Waals surface area contributed by atoms with Gasteiger partial charge in [-0.1, -0.05) is 158 Å². The largest absolute Gasteiger partial charge is 0.427 e. The first-order valence-corrected chi connectivity index (χ1v) is 18.6. The summed E-state index contributed by atoms with van der Waals surface area (Å²) in [6.45, 7) is 0. The van der Waals surface area contributed by atoms with Crippen LogP contribution in [-0.4, -0.2) is 11.9 Å². The lowest BCUT2D eigenvalue weighted by Crippen LogP contribution is -2.32. The summed E-state index contributed by atoms with van der Waals surface area (Å²) >= 11 is 0. The summed E-state index contributed by atoms with van der Waals surface area (Å²) < 4.78 is 11.7. The van der Waals surface area contributed by atoms with E-state index in [4.69, 9.17) is 9.47 Å². The van der Waals surface area contributed by atoms with Crippen LogP contribution in [0.1, 0.15) is 59.1 Å². The number of carbonyl (C=O) groups excluding carboxylic acids is 2. The minimum absolute atomic E-state index is 0.212. The first kappa shape index (κ1) is 33.3. The van der Waals surface area contributed by atoms with Crippen molar-refractivity contribution in [3.8, 4) is 33.8 Å². The number of ether oxygens (including phenoxy) is 2.